The molecule has 0 saturated carbocycles. The first kappa shape index (κ1) is 13.4. The molecule has 4 heteroatoms. The van der Waals surface area contributed by atoms with Crippen molar-refractivity contribution < 1.29 is 16.5 Å². The number of nitrogens with zero attached hydrogens (tertiary/aromatic N) is 3. The summed E-state index contributed by atoms with van der Waals surface area (Å²) >= 11 is 0. The van der Waals surface area contributed by atoms with Gasteiger partial charge in [0, 0.05) is 49.2 Å². The number of hydrogen-bond acceptors (Lipinski definition) is 2. The maximum atomic E-state index is 4.41. The summed E-state index contributed by atoms with van der Waals surface area (Å²) in [6.07, 6.45) is 2.65. The Morgan fingerprint density at radius 2 is 1.67 bits per heavy atom. The third-order valence-corrected chi connectivity index (χ3v) is 3.50. The number of piperazine rings is 1. The van der Waals surface area contributed by atoms with Crippen LogP contribution in [0.15, 0.2) is 0 Å². The molecule has 0 unspecified atom stereocenters. The Labute approximate surface area is 103 Å². The Morgan fingerprint density at radius 1 is 1.07 bits per heavy atom. The van der Waals surface area contributed by atoms with E-state index in [0.29, 0.717) is 0 Å². The summed E-state index contributed by atoms with van der Waals surface area (Å²) in [6.45, 7) is 8.57. The average Bonchev–Trinajstić information content (AvgIpc) is 2.23. The first-order valence-electron chi connectivity index (χ1n) is 5.89. The Kier molecular flexibility index (Phi) is 6.14. The Hall–Kier alpha value is 0.374. The molecule has 0 aromatic carbocycles. The predicted octanol–water partition coefficient (Wildman–Crippen LogP) is 1.01. The minimum absolute atomic E-state index is 0. The minimum Gasteiger partial charge on any atom is -0.662 e. The molecule has 0 aromatic rings. The Bertz CT molecular complexity index is 163. The summed E-state index contributed by atoms with van der Waals surface area (Å²) in [5.74, 6) is 0.927. The van der Waals surface area contributed by atoms with Crippen molar-refractivity contribution in [3.05, 3.63) is 5.32 Å². The maximum Gasteiger partial charge on any atom is 0.0110 e. The molecule has 0 spiro atoms. The van der Waals surface area contributed by atoms with Gasteiger partial charge in [0.1, 0.15) is 0 Å². The molecule has 2 rings (SSSR count). The van der Waals surface area contributed by atoms with Crippen molar-refractivity contribution in [1.82, 2.24) is 9.80 Å². The van der Waals surface area contributed by atoms with E-state index in [-0.39, 0.29) is 16.5 Å². The van der Waals surface area contributed by atoms with Crippen LogP contribution in [-0.4, -0.2) is 62.7 Å². The van der Waals surface area contributed by atoms with E-state index in [1.807, 2.05) is 0 Å². The fourth-order valence-corrected chi connectivity index (χ4v) is 2.38. The standard InChI is InChI=1S/C11H22N3.Ni/c1-13-6-8-14(9-7-13)10-11-2-4-12-5-3-11;/h11H,2-10H2,1H3;/q-1;. The van der Waals surface area contributed by atoms with Crippen LogP contribution in [0.1, 0.15) is 12.8 Å². The van der Waals surface area contributed by atoms with Crippen LogP contribution in [0, 0.1) is 5.92 Å². The fraction of sp³-hybridized carbons (Fsp3) is 1.00. The molecule has 0 atom stereocenters. The Balaban J connectivity index is 0.00000112. The topological polar surface area (TPSA) is 20.6 Å². The zero-order valence-electron chi connectivity index (χ0n) is 9.60. The molecule has 0 radical (unpaired) electrons. The second kappa shape index (κ2) is 6.85. The zero-order chi connectivity index (χ0) is 9.80. The van der Waals surface area contributed by atoms with Crippen LogP contribution >= 0.6 is 0 Å². The van der Waals surface area contributed by atoms with E-state index in [2.05, 4.69) is 22.2 Å². The number of piperidine rings is 1. The molecule has 2 fully saturated rings. The van der Waals surface area contributed by atoms with Crippen molar-refractivity contribution in [1.29, 1.82) is 0 Å². The van der Waals surface area contributed by atoms with Crippen molar-refractivity contribution in [2.45, 2.75) is 12.8 Å². The molecule has 0 aliphatic carbocycles. The third-order valence-electron chi connectivity index (χ3n) is 3.50. The molecule has 3 nitrogen and oxygen atoms in total. The number of hydrogen-bond donors (Lipinski definition) is 0. The fourth-order valence-electron chi connectivity index (χ4n) is 2.38. The zero-order valence-corrected chi connectivity index (χ0v) is 10.6. The molecule has 2 aliphatic rings. The first-order chi connectivity index (χ1) is 6.84. The normalized spacial score (nSPS) is 26.2. The van der Waals surface area contributed by atoms with Crippen LogP contribution in [0.2, 0.25) is 0 Å². The summed E-state index contributed by atoms with van der Waals surface area (Å²) in [6, 6.07) is 0. The largest absolute Gasteiger partial charge is 0.662 e. The third kappa shape index (κ3) is 4.40. The van der Waals surface area contributed by atoms with Crippen molar-refractivity contribution in [3.63, 3.8) is 0 Å². The second-order valence-electron chi connectivity index (χ2n) is 4.72. The summed E-state index contributed by atoms with van der Waals surface area (Å²) < 4.78 is 0. The van der Waals surface area contributed by atoms with Gasteiger partial charge in [0.25, 0.3) is 0 Å². The van der Waals surface area contributed by atoms with Gasteiger partial charge in [0.15, 0.2) is 0 Å². The van der Waals surface area contributed by atoms with Gasteiger partial charge in [-0.05, 0) is 13.0 Å². The van der Waals surface area contributed by atoms with Gasteiger partial charge in [0.2, 0.25) is 0 Å². The van der Waals surface area contributed by atoms with Gasteiger partial charge in [0.05, 0.1) is 0 Å². The van der Waals surface area contributed by atoms with Crippen LogP contribution in [0.3, 0.4) is 0 Å². The molecule has 2 heterocycles. The molecule has 2 saturated heterocycles. The molecule has 0 aromatic heterocycles. The van der Waals surface area contributed by atoms with E-state index in [1.54, 1.807) is 0 Å². The van der Waals surface area contributed by atoms with Crippen LogP contribution in [0.4, 0.5) is 0 Å². The van der Waals surface area contributed by atoms with Crippen molar-refractivity contribution >= 4 is 0 Å². The second-order valence-corrected chi connectivity index (χ2v) is 4.72. The maximum absolute atomic E-state index is 4.41. The predicted molar refractivity (Wildman–Crippen MR) is 59.8 cm³/mol. The van der Waals surface area contributed by atoms with Gasteiger partial charge in [-0.15, -0.1) is 13.1 Å². The summed E-state index contributed by atoms with van der Waals surface area (Å²) in [4.78, 5) is 5.06. The van der Waals surface area contributed by atoms with E-state index < -0.39 is 0 Å². The van der Waals surface area contributed by atoms with Gasteiger partial charge >= 0.3 is 0 Å². The van der Waals surface area contributed by atoms with E-state index in [9.17, 15) is 0 Å². The van der Waals surface area contributed by atoms with E-state index in [1.165, 1.54) is 45.6 Å². The molecule has 0 N–H and O–H groups in total. The molecule has 0 amide bonds. The van der Waals surface area contributed by atoms with Gasteiger partial charge in [-0.3, -0.25) is 0 Å². The quantitative estimate of drug-likeness (QED) is 0.686. The van der Waals surface area contributed by atoms with Crippen molar-refractivity contribution in [3.8, 4) is 0 Å². The van der Waals surface area contributed by atoms with Gasteiger partial charge < -0.3 is 15.1 Å². The molecule has 92 valence electrons. The Morgan fingerprint density at radius 3 is 2.27 bits per heavy atom. The monoisotopic (exact) mass is 254 g/mol. The van der Waals surface area contributed by atoms with Crippen LogP contribution in [-0.2, 0) is 16.5 Å². The molecule has 0 bridgehead atoms. The molecule has 2 aliphatic heterocycles. The van der Waals surface area contributed by atoms with Crippen molar-refractivity contribution in [2.75, 3.05) is 52.9 Å². The van der Waals surface area contributed by atoms with Crippen LogP contribution in [0.5, 0.6) is 0 Å². The summed E-state index contributed by atoms with van der Waals surface area (Å²) in [7, 11) is 2.22. The summed E-state index contributed by atoms with van der Waals surface area (Å²) in [5.41, 5.74) is 0. The van der Waals surface area contributed by atoms with Crippen LogP contribution in [0.25, 0.3) is 5.32 Å². The number of rotatable bonds is 2. The smallest absolute Gasteiger partial charge is 0.0110 e. The van der Waals surface area contributed by atoms with Crippen molar-refractivity contribution in [2.24, 2.45) is 5.92 Å². The average molecular weight is 255 g/mol. The first-order valence-corrected chi connectivity index (χ1v) is 5.89. The molecular formula is C11H22N3Ni-. The van der Waals surface area contributed by atoms with E-state index in [0.717, 1.165) is 19.0 Å². The summed E-state index contributed by atoms with van der Waals surface area (Å²) in [5, 5.41) is 4.41. The number of likely N-dealkylation sites (N-methyl/N-ethyl adjacent to an activating group) is 1. The van der Waals surface area contributed by atoms with Gasteiger partial charge in [-0.1, -0.05) is 12.8 Å². The van der Waals surface area contributed by atoms with E-state index >= 15 is 0 Å². The minimum atomic E-state index is 0. The van der Waals surface area contributed by atoms with Crippen LogP contribution < -0.4 is 0 Å². The SMILES string of the molecule is CN1CCN(CC2CC[N-]CC2)CC1.[Ni]. The van der Waals surface area contributed by atoms with Gasteiger partial charge in [-0.2, -0.15) is 0 Å². The van der Waals surface area contributed by atoms with Gasteiger partial charge in [-0.25, -0.2) is 0 Å². The van der Waals surface area contributed by atoms with E-state index in [4.69, 9.17) is 0 Å². The molecular weight excluding hydrogens is 233 g/mol. The molecule has 15 heavy (non-hydrogen) atoms.